The fraction of sp³-hybridized carbons (Fsp3) is 0.385. The first-order chi connectivity index (χ1) is 9.04. The summed E-state index contributed by atoms with van der Waals surface area (Å²) in [5, 5.41) is 20.9. The van der Waals surface area contributed by atoms with Crippen LogP contribution in [0.15, 0.2) is 24.3 Å². The van der Waals surface area contributed by atoms with E-state index in [2.05, 4.69) is 5.32 Å². The van der Waals surface area contributed by atoms with E-state index in [9.17, 15) is 14.7 Å². The number of carboxylic acids is 1. The van der Waals surface area contributed by atoms with Crippen molar-refractivity contribution in [2.75, 3.05) is 20.3 Å². The minimum atomic E-state index is -1.07. The number of rotatable bonds is 7. The van der Waals surface area contributed by atoms with Gasteiger partial charge in [0, 0.05) is 13.7 Å². The van der Waals surface area contributed by atoms with Crippen LogP contribution in [-0.2, 0) is 16.0 Å². The van der Waals surface area contributed by atoms with Crippen LogP contribution in [0.4, 0.5) is 0 Å². The summed E-state index contributed by atoms with van der Waals surface area (Å²) in [7, 11) is 1.45. The summed E-state index contributed by atoms with van der Waals surface area (Å²) in [5.41, 5.74) is 0.545. The van der Waals surface area contributed by atoms with Crippen LogP contribution >= 0.6 is 0 Å². The van der Waals surface area contributed by atoms with Gasteiger partial charge in [-0.1, -0.05) is 18.2 Å². The highest BCUT2D eigenvalue weighted by molar-refractivity contribution is 5.91. The Labute approximate surface area is 111 Å². The van der Waals surface area contributed by atoms with E-state index in [1.807, 2.05) is 0 Å². The lowest BCUT2D eigenvalue weighted by Gasteiger charge is -2.11. The number of aliphatic hydroxyl groups excluding tert-OH is 1. The second kappa shape index (κ2) is 7.50. The molecule has 0 fully saturated rings. The monoisotopic (exact) mass is 267 g/mol. The van der Waals surface area contributed by atoms with Crippen molar-refractivity contribution in [3.8, 4) is 0 Å². The number of ether oxygens (including phenoxy) is 1. The first kappa shape index (κ1) is 15.1. The molecule has 104 valence electrons. The van der Waals surface area contributed by atoms with Crippen LogP contribution in [0.5, 0.6) is 0 Å². The Morgan fingerprint density at radius 3 is 2.68 bits per heavy atom. The van der Waals surface area contributed by atoms with E-state index in [1.54, 1.807) is 18.2 Å². The summed E-state index contributed by atoms with van der Waals surface area (Å²) in [5.74, 6) is -1.41. The lowest BCUT2D eigenvalue weighted by Crippen LogP contribution is -2.35. The van der Waals surface area contributed by atoms with Crippen LogP contribution in [0.2, 0.25) is 0 Å². The van der Waals surface area contributed by atoms with Crippen LogP contribution < -0.4 is 5.32 Å². The Hall–Kier alpha value is -1.92. The minimum Gasteiger partial charge on any atom is -0.478 e. The number of amides is 1. The third-order valence-corrected chi connectivity index (χ3v) is 2.49. The first-order valence-electron chi connectivity index (χ1n) is 5.79. The molecule has 1 atom stereocenters. The summed E-state index contributed by atoms with van der Waals surface area (Å²) in [6.07, 6.45) is -0.814. The molecule has 0 radical (unpaired) electrons. The molecule has 0 aromatic heterocycles. The van der Waals surface area contributed by atoms with Gasteiger partial charge >= 0.3 is 5.97 Å². The second-order valence-corrected chi connectivity index (χ2v) is 4.05. The molecule has 3 N–H and O–H groups in total. The van der Waals surface area contributed by atoms with E-state index >= 15 is 0 Å². The number of nitrogens with one attached hydrogen (secondary N) is 1. The lowest BCUT2D eigenvalue weighted by atomic mass is 10.0. The number of hydrogen-bond donors (Lipinski definition) is 3. The molecule has 1 aromatic carbocycles. The van der Waals surface area contributed by atoms with Gasteiger partial charge < -0.3 is 20.3 Å². The summed E-state index contributed by atoms with van der Waals surface area (Å²) in [6.45, 7) is 0.202. The summed E-state index contributed by atoms with van der Waals surface area (Å²) in [4.78, 5) is 22.6. The number of carbonyl (C=O) groups excluding carboxylic acids is 1. The van der Waals surface area contributed by atoms with Crippen LogP contribution in [-0.4, -0.2) is 48.5 Å². The van der Waals surface area contributed by atoms with Crippen LogP contribution in [0, 0.1) is 0 Å². The van der Waals surface area contributed by atoms with Crippen molar-refractivity contribution < 1.29 is 24.5 Å². The van der Waals surface area contributed by atoms with E-state index in [0.717, 1.165) is 0 Å². The van der Waals surface area contributed by atoms with Gasteiger partial charge in [-0.2, -0.15) is 0 Å². The van der Waals surface area contributed by atoms with Gasteiger partial charge in [0.25, 0.3) is 0 Å². The fourth-order valence-corrected chi connectivity index (χ4v) is 1.60. The highest BCUT2D eigenvalue weighted by atomic mass is 16.5. The number of methoxy groups -OCH3 is 1. The average Bonchev–Trinajstić information content (AvgIpc) is 2.37. The predicted octanol–water partition coefficient (Wildman–Crippen LogP) is 0.0508. The Kier molecular flexibility index (Phi) is 5.98. The highest BCUT2D eigenvalue weighted by Crippen LogP contribution is 2.09. The van der Waals surface area contributed by atoms with Gasteiger partial charge in [-0.15, -0.1) is 0 Å². The van der Waals surface area contributed by atoms with Crippen LogP contribution in [0.1, 0.15) is 15.9 Å². The fourth-order valence-electron chi connectivity index (χ4n) is 1.60. The van der Waals surface area contributed by atoms with Crippen molar-refractivity contribution in [3.63, 3.8) is 0 Å². The number of carbonyl (C=O) groups is 2. The zero-order chi connectivity index (χ0) is 14.3. The van der Waals surface area contributed by atoms with Crippen molar-refractivity contribution in [3.05, 3.63) is 35.4 Å². The second-order valence-electron chi connectivity index (χ2n) is 4.05. The zero-order valence-corrected chi connectivity index (χ0v) is 10.6. The van der Waals surface area contributed by atoms with E-state index in [4.69, 9.17) is 9.84 Å². The quantitative estimate of drug-likeness (QED) is 0.649. The summed E-state index contributed by atoms with van der Waals surface area (Å²) < 4.78 is 4.73. The van der Waals surface area contributed by atoms with Crippen molar-refractivity contribution in [2.45, 2.75) is 12.5 Å². The maximum absolute atomic E-state index is 11.6. The largest absolute Gasteiger partial charge is 0.478 e. The third kappa shape index (κ3) is 5.07. The van der Waals surface area contributed by atoms with Crippen molar-refractivity contribution in [1.82, 2.24) is 5.32 Å². The highest BCUT2D eigenvalue weighted by Gasteiger charge is 2.13. The molecule has 0 heterocycles. The number of carboxylic acid groups (broad SMARTS) is 1. The standard InChI is InChI=1S/C13H17NO5/c1-19-8-10(15)7-14-12(16)6-9-4-2-3-5-11(9)13(17)18/h2-5,10,15H,6-8H2,1H3,(H,14,16)(H,17,18). The average molecular weight is 267 g/mol. The molecule has 0 saturated heterocycles. The van der Waals surface area contributed by atoms with E-state index in [1.165, 1.54) is 13.2 Å². The summed E-state index contributed by atoms with van der Waals surface area (Å²) in [6, 6.07) is 6.32. The predicted molar refractivity (Wildman–Crippen MR) is 68.0 cm³/mol. The SMILES string of the molecule is COCC(O)CNC(=O)Cc1ccccc1C(=O)O. The molecule has 1 unspecified atom stereocenters. The molecule has 0 saturated carbocycles. The molecule has 0 aliphatic heterocycles. The molecular formula is C13H17NO5. The minimum absolute atomic E-state index is 0.0395. The molecule has 6 nitrogen and oxygen atoms in total. The lowest BCUT2D eigenvalue weighted by molar-refractivity contribution is -0.121. The number of benzene rings is 1. The van der Waals surface area contributed by atoms with Gasteiger partial charge in [0.05, 0.1) is 24.7 Å². The van der Waals surface area contributed by atoms with Crippen molar-refractivity contribution >= 4 is 11.9 Å². The normalized spacial score (nSPS) is 11.9. The maximum atomic E-state index is 11.6. The Bertz CT molecular complexity index is 446. The smallest absolute Gasteiger partial charge is 0.335 e. The maximum Gasteiger partial charge on any atom is 0.335 e. The van der Waals surface area contributed by atoms with E-state index in [0.29, 0.717) is 5.56 Å². The first-order valence-corrected chi connectivity index (χ1v) is 5.79. The molecule has 1 rings (SSSR count). The molecule has 0 aliphatic carbocycles. The van der Waals surface area contributed by atoms with E-state index < -0.39 is 12.1 Å². The number of aliphatic hydroxyl groups is 1. The third-order valence-electron chi connectivity index (χ3n) is 2.49. The number of aromatic carboxylic acids is 1. The van der Waals surface area contributed by atoms with Crippen molar-refractivity contribution in [2.24, 2.45) is 0 Å². The van der Waals surface area contributed by atoms with Gasteiger partial charge in [-0.05, 0) is 11.6 Å². The van der Waals surface area contributed by atoms with Gasteiger partial charge in [0.15, 0.2) is 0 Å². The van der Waals surface area contributed by atoms with Gasteiger partial charge in [-0.25, -0.2) is 4.79 Å². The molecule has 6 heteroatoms. The topological polar surface area (TPSA) is 95.9 Å². The van der Waals surface area contributed by atoms with Gasteiger partial charge in [0.2, 0.25) is 5.91 Å². The Morgan fingerprint density at radius 2 is 2.05 bits per heavy atom. The molecule has 0 aliphatic rings. The van der Waals surface area contributed by atoms with Crippen LogP contribution in [0.3, 0.4) is 0 Å². The Morgan fingerprint density at radius 1 is 1.37 bits per heavy atom. The number of hydrogen-bond acceptors (Lipinski definition) is 4. The summed E-state index contributed by atoms with van der Waals surface area (Å²) >= 11 is 0. The molecule has 0 bridgehead atoms. The van der Waals surface area contributed by atoms with Crippen molar-refractivity contribution in [1.29, 1.82) is 0 Å². The molecular weight excluding hydrogens is 250 g/mol. The molecule has 19 heavy (non-hydrogen) atoms. The molecule has 0 spiro atoms. The van der Waals surface area contributed by atoms with Crippen LogP contribution in [0.25, 0.3) is 0 Å². The zero-order valence-electron chi connectivity index (χ0n) is 10.6. The molecule has 1 aromatic rings. The van der Waals surface area contributed by atoms with E-state index in [-0.39, 0.29) is 31.0 Å². The molecule has 1 amide bonds. The Balaban J connectivity index is 2.55. The van der Waals surface area contributed by atoms with Gasteiger partial charge in [-0.3, -0.25) is 4.79 Å². The van der Waals surface area contributed by atoms with Gasteiger partial charge in [0.1, 0.15) is 0 Å².